The van der Waals surface area contributed by atoms with Crippen LogP contribution < -0.4 is 9.80 Å². The zero-order chi connectivity index (χ0) is 52.5. The first-order valence-electron chi connectivity index (χ1n) is 25.8. The van der Waals surface area contributed by atoms with E-state index in [-0.39, 0.29) is 23.3 Å². The largest absolute Gasteiger partial charge is 0.344 e. The van der Waals surface area contributed by atoms with Crippen LogP contribution in [0.5, 0.6) is 0 Å². The third-order valence-electron chi connectivity index (χ3n) is 17.0. The SMILES string of the molecule is Cn1c2ccc(F)cc2c2ccc(N(c3ccc4c(c3)C(C)(C)c3cc(N(c5ccc6c7cc(F)ccc7n(C)c6c5)c5ccc6c7cc(F)ccc7n(C)c6c5)ccc3-4)c3ccc4c5cc(F)ccc5n(C)c4c3)cc21. The van der Waals surface area contributed by atoms with Crippen LogP contribution in [0.2, 0.25) is 0 Å². The van der Waals surface area contributed by atoms with E-state index in [1.165, 1.54) is 35.4 Å². The van der Waals surface area contributed by atoms with E-state index in [4.69, 9.17) is 0 Å². The number of hydrogen-bond donors (Lipinski definition) is 0. The molecule has 0 atom stereocenters. The molecular weight excluding hydrogens is 965 g/mol. The van der Waals surface area contributed by atoms with Gasteiger partial charge in [-0.3, -0.25) is 0 Å². The van der Waals surface area contributed by atoms with Crippen LogP contribution in [0.15, 0.2) is 182 Å². The summed E-state index contributed by atoms with van der Waals surface area (Å²) in [6, 6.07) is 58.9. The molecule has 0 radical (unpaired) electrons. The number of rotatable bonds is 6. The molecule has 10 aromatic carbocycles. The lowest BCUT2D eigenvalue weighted by Gasteiger charge is -2.29. The van der Waals surface area contributed by atoms with E-state index in [1.807, 2.05) is 52.5 Å². The van der Waals surface area contributed by atoms with Gasteiger partial charge in [-0.2, -0.15) is 0 Å². The van der Waals surface area contributed by atoms with Crippen LogP contribution in [-0.4, -0.2) is 18.3 Å². The molecule has 4 aromatic heterocycles. The van der Waals surface area contributed by atoms with Crippen molar-refractivity contribution in [3.8, 4) is 11.1 Å². The van der Waals surface area contributed by atoms with E-state index < -0.39 is 5.41 Å². The number of anilines is 6. The quantitative estimate of drug-likeness (QED) is 0.155. The van der Waals surface area contributed by atoms with Crippen molar-refractivity contribution in [2.24, 2.45) is 28.2 Å². The maximum Gasteiger partial charge on any atom is 0.123 e. The van der Waals surface area contributed by atoms with Gasteiger partial charge in [-0.15, -0.1) is 0 Å². The molecular formula is C67H48F4N6. The number of nitrogens with zero attached hydrogens (tertiary/aromatic N) is 6. The summed E-state index contributed by atoms with van der Waals surface area (Å²) in [6.07, 6.45) is 0. The standard InChI is InChI=1S/C67H48F4N6/c1-67(2)57-31-41(76(43-13-19-49-53-27-37(68)7-23-59(53)72(3)63(49)33-43)44-14-20-50-54-28-38(69)8-24-60(54)73(4)64(50)34-44)11-17-47(57)48-18-12-42(32-58(48)67)77(45-15-21-51-55-29-39(70)9-25-61(55)74(5)65(51)35-45)46-16-22-52-56-30-40(71)10-26-62(56)75(6)66(52)36-46/h7-36H,1-6H3. The minimum absolute atomic E-state index is 0.275. The summed E-state index contributed by atoms with van der Waals surface area (Å²) in [6.45, 7) is 4.59. The van der Waals surface area contributed by atoms with Gasteiger partial charge in [0.15, 0.2) is 0 Å². The van der Waals surface area contributed by atoms with Gasteiger partial charge in [-0.05, 0) is 168 Å². The first kappa shape index (κ1) is 45.1. The van der Waals surface area contributed by atoms with Crippen molar-refractivity contribution in [2.75, 3.05) is 9.80 Å². The van der Waals surface area contributed by atoms with E-state index in [0.717, 1.165) is 132 Å². The molecule has 0 N–H and O–H groups in total. The molecule has 15 rings (SSSR count). The molecule has 0 fully saturated rings. The Morgan fingerprint density at radius 2 is 0.519 bits per heavy atom. The Morgan fingerprint density at radius 3 is 0.792 bits per heavy atom. The number of halogens is 4. The van der Waals surface area contributed by atoms with Crippen LogP contribution >= 0.6 is 0 Å². The van der Waals surface area contributed by atoms with Gasteiger partial charge in [0.25, 0.3) is 0 Å². The second kappa shape index (κ2) is 15.9. The molecule has 14 aromatic rings. The molecule has 0 unspecified atom stereocenters. The summed E-state index contributed by atoms with van der Waals surface area (Å²) >= 11 is 0. The van der Waals surface area contributed by atoms with E-state index in [0.29, 0.717) is 0 Å². The average molecular weight is 1010 g/mol. The van der Waals surface area contributed by atoms with Crippen molar-refractivity contribution in [3.05, 3.63) is 216 Å². The number of hydrogen-bond acceptors (Lipinski definition) is 2. The summed E-state index contributed by atoms with van der Waals surface area (Å²) in [4.78, 5) is 4.58. The molecule has 1 aliphatic carbocycles. The molecule has 1 aliphatic rings. The van der Waals surface area contributed by atoms with Crippen LogP contribution in [0.4, 0.5) is 51.7 Å². The van der Waals surface area contributed by atoms with Gasteiger partial charge in [-0.1, -0.05) is 50.2 Å². The smallest absolute Gasteiger partial charge is 0.123 e. The van der Waals surface area contributed by atoms with Gasteiger partial charge in [0, 0.05) is 133 Å². The molecule has 0 bridgehead atoms. The van der Waals surface area contributed by atoms with Gasteiger partial charge >= 0.3 is 0 Å². The summed E-state index contributed by atoms with van der Waals surface area (Å²) in [7, 11) is 8.10. The van der Waals surface area contributed by atoms with Crippen molar-refractivity contribution in [1.29, 1.82) is 0 Å². The fourth-order valence-corrected chi connectivity index (χ4v) is 13.1. The van der Waals surface area contributed by atoms with E-state index >= 15 is 0 Å². The Balaban J connectivity index is 0.894. The highest BCUT2D eigenvalue weighted by atomic mass is 19.1. The number of benzene rings is 10. The highest BCUT2D eigenvalue weighted by Crippen LogP contribution is 2.53. The number of fused-ring (bicyclic) bond motifs is 15. The lowest BCUT2D eigenvalue weighted by atomic mass is 9.82. The summed E-state index contributed by atoms with van der Waals surface area (Å²) in [5, 5.41) is 7.29. The van der Waals surface area contributed by atoms with Crippen LogP contribution in [0, 0.1) is 23.3 Å². The second-order valence-corrected chi connectivity index (χ2v) is 21.4. The van der Waals surface area contributed by atoms with E-state index in [9.17, 15) is 17.6 Å². The van der Waals surface area contributed by atoms with Crippen molar-refractivity contribution in [2.45, 2.75) is 19.3 Å². The first-order valence-corrected chi connectivity index (χ1v) is 25.8. The Labute approximate surface area is 440 Å². The maximum atomic E-state index is 14.7. The fourth-order valence-electron chi connectivity index (χ4n) is 13.1. The maximum absolute atomic E-state index is 14.7. The van der Waals surface area contributed by atoms with Gasteiger partial charge < -0.3 is 28.1 Å². The monoisotopic (exact) mass is 1010 g/mol. The highest BCUT2D eigenvalue weighted by Gasteiger charge is 2.37. The lowest BCUT2D eigenvalue weighted by molar-refractivity contribution is 0.629. The van der Waals surface area contributed by atoms with Crippen molar-refractivity contribution < 1.29 is 17.6 Å². The lowest BCUT2D eigenvalue weighted by Crippen LogP contribution is -2.17. The highest BCUT2D eigenvalue weighted by molar-refractivity contribution is 6.13. The van der Waals surface area contributed by atoms with Crippen LogP contribution in [0.25, 0.3) is 98.4 Å². The molecule has 77 heavy (non-hydrogen) atoms. The van der Waals surface area contributed by atoms with E-state index in [2.05, 4.69) is 151 Å². The molecule has 374 valence electrons. The zero-order valence-corrected chi connectivity index (χ0v) is 43.0. The van der Waals surface area contributed by atoms with Crippen molar-refractivity contribution >= 4 is 121 Å². The Bertz CT molecular complexity index is 4360. The van der Waals surface area contributed by atoms with Crippen LogP contribution in [-0.2, 0) is 33.6 Å². The van der Waals surface area contributed by atoms with Crippen LogP contribution in [0.3, 0.4) is 0 Å². The first-order chi connectivity index (χ1) is 37.2. The minimum Gasteiger partial charge on any atom is -0.344 e. The Hall–Kier alpha value is -9.28. The molecule has 0 aliphatic heterocycles. The number of aromatic nitrogens is 4. The summed E-state index contributed by atoms with van der Waals surface area (Å²) in [5.74, 6) is -1.10. The van der Waals surface area contributed by atoms with Gasteiger partial charge in [0.2, 0.25) is 0 Å². The van der Waals surface area contributed by atoms with Gasteiger partial charge in [0.1, 0.15) is 23.3 Å². The Kier molecular flexibility index (Phi) is 9.31. The summed E-state index contributed by atoms with van der Waals surface area (Å²) in [5.41, 5.74) is 17.5. The fraction of sp³-hybridized carbons (Fsp3) is 0.104. The third kappa shape index (κ3) is 6.42. The molecule has 4 heterocycles. The molecule has 0 spiro atoms. The van der Waals surface area contributed by atoms with E-state index in [1.54, 1.807) is 24.3 Å². The molecule has 0 saturated carbocycles. The number of aryl methyl sites for hydroxylation is 4. The predicted molar refractivity (Wildman–Crippen MR) is 309 cm³/mol. The molecule has 10 heteroatoms. The second-order valence-electron chi connectivity index (χ2n) is 21.4. The normalized spacial score (nSPS) is 13.2. The molecule has 0 saturated heterocycles. The van der Waals surface area contributed by atoms with Crippen LogP contribution in [0.1, 0.15) is 25.0 Å². The van der Waals surface area contributed by atoms with Crippen molar-refractivity contribution in [1.82, 2.24) is 18.3 Å². The molecule has 6 nitrogen and oxygen atoms in total. The Morgan fingerprint density at radius 1 is 0.273 bits per heavy atom. The van der Waals surface area contributed by atoms with Gasteiger partial charge in [0.05, 0.1) is 22.1 Å². The summed E-state index contributed by atoms with van der Waals surface area (Å²) < 4.78 is 67.4. The zero-order valence-electron chi connectivity index (χ0n) is 43.0. The molecule has 0 amide bonds. The van der Waals surface area contributed by atoms with Gasteiger partial charge in [-0.25, -0.2) is 17.6 Å². The predicted octanol–water partition coefficient (Wildman–Crippen LogP) is 18.1. The third-order valence-corrected chi connectivity index (χ3v) is 17.0. The van der Waals surface area contributed by atoms with Crippen molar-refractivity contribution in [3.63, 3.8) is 0 Å². The average Bonchev–Trinajstić information content (AvgIpc) is 4.30. The topological polar surface area (TPSA) is 26.2 Å². The minimum atomic E-state index is -0.463.